The molecule has 1 aromatic rings. The second kappa shape index (κ2) is 5.14. The molecule has 4 nitrogen and oxygen atoms in total. The van der Waals surface area contributed by atoms with E-state index in [1.54, 1.807) is 12.1 Å². The van der Waals surface area contributed by atoms with Crippen molar-refractivity contribution < 1.29 is 19.4 Å². The van der Waals surface area contributed by atoms with E-state index in [2.05, 4.69) is 4.74 Å². The summed E-state index contributed by atoms with van der Waals surface area (Å²) in [6.45, 7) is 0. The van der Waals surface area contributed by atoms with E-state index >= 15 is 0 Å². The summed E-state index contributed by atoms with van der Waals surface area (Å²) in [7, 11) is 1.24. The summed E-state index contributed by atoms with van der Waals surface area (Å²) in [6.07, 6.45) is -0.102. The normalized spacial score (nSPS) is 9.67. The molecule has 15 heavy (non-hydrogen) atoms. The van der Waals surface area contributed by atoms with Crippen LogP contribution in [0.1, 0.15) is 12.0 Å². The highest BCUT2D eigenvalue weighted by atomic mass is 16.5. The number of Topliss-reactive ketones (excluding diaryl/α,β-unsaturated/α-hetero) is 1. The fourth-order valence-electron chi connectivity index (χ4n) is 1.19. The molecule has 0 aliphatic rings. The predicted molar refractivity (Wildman–Crippen MR) is 53.5 cm³/mol. The molecule has 0 spiro atoms. The van der Waals surface area contributed by atoms with Gasteiger partial charge in [0, 0.05) is 6.42 Å². The average molecular weight is 208 g/mol. The first-order valence-electron chi connectivity index (χ1n) is 4.48. The van der Waals surface area contributed by atoms with Crippen LogP contribution in [0, 0.1) is 0 Å². The van der Waals surface area contributed by atoms with Crippen LogP contribution in [0.15, 0.2) is 24.3 Å². The Morgan fingerprint density at radius 3 is 2.73 bits per heavy atom. The maximum atomic E-state index is 11.3. The number of phenolic OH excluding ortho intramolecular Hbond substituents is 1. The van der Waals surface area contributed by atoms with Gasteiger partial charge in [0.05, 0.1) is 7.11 Å². The Morgan fingerprint density at radius 2 is 2.13 bits per heavy atom. The molecule has 1 aromatic carbocycles. The van der Waals surface area contributed by atoms with Crippen molar-refractivity contribution in [2.24, 2.45) is 0 Å². The van der Waals surface area contributed by atoms with Crippen molar-refractivity contribution in [1.82, 2.24) is 0 Å². The molecular weight excluding hydrogens is 196 g/mol. The zero-order valence-corrected chi connectivity index (χ0v) is 8.40. The molecule has 0 aromatic heterocycles. The molecule has 4 heteroatoms. The number of ketones is 1. The van der Waals surface area contributed by atoms with Crippen LogP contribution in [0.4, 0.5) is 0 Å². The van der Waals surface area contributed by atoms with Gasteiger partial charge in [-0.25, -0.2) is 0 Å². The van der Waals surface area contributed by atoms with Crippen molar-refractivity contribution in [2.75, 3.05) is 7.11 Å². The fourth-order valence-corrected chi connectivity index (χ4v) is 1.19. The average Bonchev–Trinajstić information content (AvgIpc) is 2.17. The van der Waals surface area contributed by atoms with Gasteiger partial charge in [-0.05, 0) is 17.7 Å². The van der Waals surface area contributed by atoms with Crippen LogP contribution in [-0.2, 0) is 20.7 Å². The molecule has 0 unspecified atom stereocenters. The number of ether oxygens (including phenoxy) is 1. The van der Waals surface area contributed by atoms with Crippen LogP contribution >= 0.6 is 0 Å². The molecule has 0 aliphatic heterocycles. The lowest BCUT2D eigenvalue weighted by atomic mass is 10.1. The van der Waals surface area contributed by atoms with Crippen molar-refractivity contribution >= 4 is 11.8 Å². The van der Waals surface area contributed by atoms with Crippen LogP contribution in [0.3, 0.4) is 0 Å². The summed E-state index contributed by atoms with van der Waals surface area (Å²) < 4.78 is 4.37. The van der Waals surface area contributed by atoms with E-state index < -0.39 is 5.97 Å². The number of benzene rings is 1. The molecule has 0 saturated heterocycles. The molecule has 0 saturated carbocycles. The van der Waals surface area contributed by atoms with Gasteiger partial charge in [0.25, 0.3) is 0 Å². The number of hydrogen-bond donors (Lipinski definition) is 1. The summed E-state index contributed by atoms with van der Waals surface area (Å²) >= 11 is 0. The van der Waals surface area contributed by atoms with Crippen LogP contribution in [-0.4, -0.2) is 24.0 Å². The van der Waals surface area contributed by atoms with E-state index in [-0.39, 0.29) is 24.4 Å². The van der Waals surface area contributed by atoms with E-state index in [9.17, 15) is 9.59 Å². The van der Waals surface area contributed by atoms with Gasteiger partial charge in [0.1, 0.15) is 18.0 Å². The standard InChI is InChI=1S/C11H12O4/c1-15-11(14)7-10(13)6-8-3-2-4-9(12)5-8/h2-5,12H,6-7H2,1H3. The van der Waals surface area contributed by atoms with Crippen LogP contribution in [0.5, 0.6) is 5.75 Å². The third kappa shape index (κ3) is 3.81. The third-order valence-corrected chi connectivity index (χ3v) is 1.88. The van der Waals surface area contributed by atoms with Gasteiger partial charge in [-0.15, -0.1) is 0 Å². The van der Waals surface area contributed by atoms with Crippen LogP contribution in [0.25, 0.3) is 0 Å². The number of esters is 1. The van der Waals surface area contributed by atoms with Crippen molar-refractivity contribution in [1.29, 1.82) is 0 Å². The van der Waals surface area contributed by atoms with E-state index in [1.165, 1.54) is 19.2 Å². The zero-order valence-electron chi connectivity index (χ0n) is 8.40. The predicted octanol–water partition coefficient (Wildman–Crippen LogP) is 1.07. The van der Waals surface area contributed by atoms with Crippen molar-refractivity contribution in [3.05, 3.63) is 29.8 Å². The number of aromatic hydroxyl groups is 1. The third-order valence-electron chi connectivity index (χ3n) is 1.88. The molecule has 0 radical (unpaired) electrons. The first-order valence-corrected chi connectivity index (χ1v) is 4.48. The Labute approximate surface area is 87.5 Å². The van der Waals surface area contributed by atoms with Gasteiger partial charge < -0.3 is 9.84 Å². The number of carbonyl (C=O) groups is 2. The van der Waals surface area contributed by atoms with Gasteiger partial charge in [0.15, 0.2) is 0 Å². The number of hydrogen-bond acceptors (Lipinski definition) is 4. The highest BCUT2D eigenvalue weighted by Gasteiger charge is 2.10. The monoisotopic (exact) mass is 208 g/mol. The highest BCUT2D eigenvalue weighted by molar-refractivity contribution is 5.96. The summed E-state index contributed by atoms with van der Waals surface area (Å²) in [5.74, 6) is -0.661. The SMILES string of the molecule is COC(=O)CC(=O)Cc1cccc(O)c1. The van der Waals surface area contributed by atoms with E-state index in [0.717, 1.165) is 0 Å². The Balaban J connectivity index is 2.55. The summed E-state index contributed by atoms with van der Waals surface area (Å²) in [5.41, 5.74) is 0.684. The molecule has 0 aliphatic carbocycles. The summed E-state index contributed by atoms with van der Waals surface area (Å²) in [5, 5.41) is 9.15. The minimum absolute atomic E-state index is 0.110. The topological polar surface area (TPSA) is 63.6 Å². The zero-order chi connectivity index (χ0) is 11.3. The molecule has 1 rings (SSSR count). The Hall–Kier alpha value is -1.84. The first-order chi connectivity index (χ1) is 7.11. The second-order valence-electron chi connectivity index (χ2n) is 3.14. The van der Waals surface area contributed by atoms with Crippen molar-refractivity contribution in [3.63, 3.8) is 0 Å². The molecular formula is C11H12O4. The lowest BCUT2D eigenvalue weighted by Gasteiger charge is -2.01. The van der Waals surface area contributed by atoms with Crippen LogP contribution < -0.4 is 0 Å². The Bertz CT molecular complexity index is 371. The van der Waals surface area contributed by atoms with E-state index in [0.29, 0.717) is 5.56 Å². The van der Waals surface area contributed by atoms with Gasteiger partial charge in [-0.1, -0.05) is 12.1 Å². The molecule has 80 valence electrons. The van der Waals surface area contributed by atoms with Gasteiger partial charge in [-0.3, -0.25) is 9.59 Å². The van der Waals surface area contributed by atoms with Crippen molar-refractivity contribution in [3.8, 4) is 5.75 Å². The minimum atomic E-state index is -0.542. The Kier molecular flexibility index (Phi) is 3.85. The van der Waals surface area contributed by atoms with Gasteiger partial charge in [-0.2, -0.15) is 0 Å². The largest absolute Gasteiger partial charge is 0.508 e. The molecule has 0 amide bonds. The number of rotatable bonds is 4. The molecule has 0 atom stereocenters. The summed E-state index contributed by atoms with van der Waals surface area (Å²) in [6, 6.07) is 6.38. The van der Waals surface area contributed by atoms with Gasteiger partial charge >= 0.3 is 5.97 Å². The molecule has 1 N–H and O–H groups in total. The van der Waals surface area contributed by atoms with E-state index in [4.69, 9.17) is 5.11 Å². The quantitative estimate of drug-likeness (QED) is 0.593. The number of methoxy groups -OCH3 is 1. The summed E-state index contributed by atoms with van der Waals surface area (Å²) in [4.78, 5) is 22.1. The lowest BCUT2D eigenvalue weighted by molar-refractivity contribution is -0.143. The lowest BCUT2D eigenvalue weighted by Crippen LogP contribution is -2.11. The number of phenols is 1. The first kappa shape index (κ1) is 11.2. The maximum Gasteiger partial charge on any atom is 0.313 e. The molecule has 0 fully saturated rings. The Morgan fingerprint density at radius 1 is 1.40 bits per heavy atom. The fraction of sp³-hybridized carbons (Fsp3) is 0.273. The second-order valence-corrected chi connectivity index (χ2v) is 3.14. The highest BCUT2D eigenvalue weighted by Crippen LogP contribution is 2.12. The van der Waals surface area contributed by atoms with E-state index in [1.807, 2.05) is 0 Å². The van der Waals surface area contributed by atoms with Crippen molar-refractivity contribution in [2.45, 2.75) is 12.8 Å². The molecule has 0 heterocycles. The number of carbonyl (C=O) groups excluding carboxylic acids is 2. The maximum absolute atomic E-state index is 11.3. The van der Waals surface area contributed by atoms with Crippen LogP contribution in [0.2, 0.25) is 0 Å². The minimum Gasteiger partial charge on any atom is -0.508 e. The smallest absolute Gasteiger partial charge is 0.313 e. The van der Waals surface area contributed by atoms with Gasteiger partial charge in [0.2, 0.25) is 0 Å². The molecule has 0 bridgehead atoms.